The molecule has 8 heteroatoms. The van der Waals surface area contributed by atoms with E-state index in [-0.39, 0.29) is 19.0 Å². The summed E-state index contributed by atoms with van der Waals surface area (Å²) in [4.78, 5) is 11.8. The Hall–Kier alpha value is -1.83. The summed E-state index contributed by atoms with van der Waals surface area (Å²) in [6.45, 7) is -1.25. The van der Waals surface area contributed by atoms with Crippen LogP contribution in [0.5, 0.6) is 0 Å². The summed E-state index contributed by atoms with van der Waals surface area (Å²) in [5.74, 6) is -0.886. The van der Waals surface area contributed by atoms with Crippen molar-refractivity contribution in [1.29, 1.82) is 0 Å². The van der Waals surface area contributed by atoms with E-state index in [1.165, 1.54) is 12.1 Å². The van der Waals surface area contributed by atoms with Crippen LogP contribution in [-0.4, -0.2) is 42.0 Å². The summed E-state index contributed by atoms with van der Waals surface area (Å²) in [5.41, 5.74) is 0.399. The van der Waals surface area contributed by atoms with Gasteiger partial charge in [0.25, 0.3) is 0 Å². The molecule has 0 bridgehead atoms. The molecule has 1 aliphatic rings. The predicted molar refractivity (Wildman–Crippen MR) is 64.2 cm³/mol. The van der Waals surface area contributed by atoms with Crippen LogP contribution >= 0.6 is 0 Å². The first-order valence-electron chi connectivity index (χ1n) is 6.18. The van der Waals surface area contributed by atoms with E-state index in [0.717, 1.165) is 17.0 Å². The maximum absolute atomic E-state index is 12.9. The molecular formula is C13H13F4NO3. The van der Waals surface area contributed by atoms with Gasteiger partial charge in [-0.2, -0.15) is 13.2 Å². The van der Waals surface area contributed by atoms with Crippen molar-refractivity contribution >= 4 is 6.09 Å². The van der Waals surface area contributed by atoms with Gasteiger partial charge in [-0.3, -0.25) is 0 Å². The van der Waals surface area contributed by atoms with Crippen molar-refractivity contribution in [3.63, 3.8) is 0 Å². The quantitative estimate of drug-likeness (QED) is 0.870. The number of hydrogen-bond acceptors (Lipinski definition) is 2. The zero-order valence-electron chi connectivity index (χ0n) is 10.8. The fourth-order valence-electron chi connectivity index (χ4n) is 2.20. The lowest BCUT2D eigenvalue weighted by Crippen LogP contribution is -2.52. The van der Waals surface area contributed by atoms with Crippen molar-refractivity contribution in [2.24, 2.45) is 5.92 Å². The van der Waals surface area contributed by atoms with Crippen LogP contribution in [0.3, 0.4) is 0 Å². The number of alkyl halides is 3. The van der Waals surface area contributed by atoms with Crippen LogP contribution in [0.15, 0.2) is 24.3 Å². The molecule has 1 saturated heterocycles. The van der Waals surface area contributed by atoms with Gasteiger partial charge in [0.1, 0.15) is 12.4 Å². The number of benzene rings is 1. The van der Waals surface area contributed by atoms with E-state index in [2.05, 4.69) is 0 Å². The van der Waals surface area contributed by atoms with E-state index in [4.69, 9.17) is 9.84 Å². The Labute approximate surface area is 117 Å². The normalized spacial score (nSPS) is 17.4. The van der Waals surface area contributed by atoms with Gasteiger partial charge in [0.2, 0.25) is 0 Å². The Bertz CT molecular complexity index is 497. The van der Waals surface area contributed by atoms with E-state index in [1.54, 1.807) is 0 Å². The highest BCUT2D eigenvalue weighted by molar-refractivity contribution is 5.66. The average Bonchev–Trinajstić information content (AvgIpc) is 2.31. The first kappa shape index (κ1) is 15.6. The van der Waals surface area contributed by atoms with Crippen LogP contribution in [0.1, 0.15) is 11.7 Å². The monoisotopic (exact) mass is 307 g/mol. The number of carbonyl (C=O) groups is 1. The first-order valence-corrected chi connectivity index (χ1v) is 6.18. The summed E-state index contributed by atoms with van der Waals surface area (Å²) in [6, 6.07) is 4.96. The van der Waals surface area contributed by atoms with Gasteiger partial charge in [0.15, 0.2) is 0 Å². The van der Waals surface area contributed by atoms with Crippen LogP contribution in [0, 0.1) is 11.7 Å². The molecule has 116 valence electrons. The van der Waals surface area contributed by atoms with Crippen molar-refractivity contribution in [3.05, 3.63) is 35.6 Å². The molecule has 21 heavy (non-hydrogen) atoms. The lowest BCUT2D eigenvalue weighted by atomic mass is 9.89. The number of likely N-dealkylation sites (tertiary alicyclic amines) is 1. The molecule has 1 aliphatic heterocycles. The second-order valence-corrected chi connectivity index (χ2v) is 4.85. The fraction of sp³-hybridized carbons (Fsp3) is 0.462. The molecule has 0 saturated carbocycles. The Morgan fingerprint density at radius 1 is 1.33 bits per heavy atom. The molecule has 0 spiro atoms. The molecule has 1 heterocycles. The second-order valence-electron chi connectivity index (χ2n) is 4.85. The summed E-state index contributed by atoms with van der Waals surface area (Å²) in [7, 11) is 0. The Balaban J connectivity index is 2.08. The molecule has 0 aromatic heterocycles. The van der Waals surface area contributed by atoms with E-state index < -0.39 is 30.8 Å². The van der Waals surface area contributed by atoms with E-state index in [0.29, 0.717) is 5.56 Å². The summed E-state index contributed by atoms with van der Waals surface area (Å²) >= 11 is 0. The van der Waals surface area contributed by atoms with Gasteiger partial charge in [-0.25, -0.2) is 9.18 Å². The lowest BCUT2D eigenvalue weighted by molar-refractivity contribution is -0.196. The lowest BCUT2D eigenvalue weighted by Gasteiger charge is -2.41. The Morgan fingerprint density at radius 3 is 2.38 bits per heavy atom. The van der Waals surface area contributed by atoms with Gasteiger partial charge in [-0.1, -0.05) is 12.1 Å². The number of amides is 1. The third-order valence-electron chi connectivity index (χ3n) is 3.23. The maximum atomic E-state index is 12.9. The Kier molecular flexibility index (Phi) is 4.36. The molecule has 1 atom stereocenters. The summed E-state index contributed by atoms with van der Waals surface area (Å²) < 4.78 is 54.7. The highest BCUT2D eigenvalue weighted by atomic mass is 19.4. The molecule has 1 N–H and O–H groups in total. The van der Waals surface area contributed by atoms with Crippen molar-refractivity contribution < 1.29 is 32.2 Å². The van der Waals surface area contributed by atoms with Crippen molar-refractivity contribution in [2.75, 3.05) is 19.7 Å². The highest BCUT2D eigenvalue weighted by Crippen LogP contribution is 2.34. The minimum atomic E-state index is -4.48. The Morgan fingerprint density at radius 2 is 1.90 bits per heavy atom. The smallest absolute Gasteiger partial charge is 0.411 e. The van der Waals surface area contributed by atoms with Gasteiger partial charge >= 0.3 is 12.3 Å². The summed E-state index contributed by atoms with van der Waals surface area (Å²) in [5, 5.41) is 8.75. The molecule has 4 nitrogen and oxygen atoms in total. The molecule has 2 rings (SSSR count). The van der Waals surface area contributed by atoms with E-state index >= 15 is 0 Å². The number of rotatable bonds is 4. The number of nitrogens with zero attached hydrogens (tertiary/aromatic N) is 1. The number of halogens is 4. The summed E-state index contributed by atoms with van der Waals surface area (Å²) in [6.07, 6.45) is -6.52. The number of carboxylic acid groups (broad SMARTS) is 1. The molecule has 1 aromatic carbocycles. The van der Waals surface area contributed by atoms with Gasteiger partial charge in [-0.05, 0) is 17.7 Å². The van der Waals surface area contributed by atoms with Gasteiger partial charge in [0, 0.05) is 19.0 Å². The van der Waals surface area contributed by atoms with Crippen LogP contribution in [0.2, 0.25) is 0 Å². The topological polar surface area (TPSA) is 49.8 Å². The molecule has 1 fully saturated rings. The molecule has 0 radical (unpaired) electrons. The SMILES string of the molecule is O=C(O)N1CC(C(OCC(F)(F)F)c2ccc(F)cc2)C1. The molecule has 1 amide bonds. The van der Waals surface area contributed by atoms with Crippen LogP contribution < -0.4 is 0 Å². The van der Waals surface area contributed by atoms with Crippen LogP contribution in [0.4, 0.5) is 22.4 Å². The first-order chi connectivity index (χ1) is 9.76. The number of ether oxygens (including phenoxy) is 1. The minimum absolute atomic E-state index is 0.0925. The number of hydrogen-bond donors (Lipinski definition) is 1. The largest absolute Gasteiger partial charge is 0.465 e. The maximum Gasteiger partial charge on any atom is 0.411 e. The zero-order valence-corrected chi connectivity index (χ0v) is 10.8. The highest BCUT2D eigenvalue weighted by Gasteiger charge is 2.39. The predicted octanol–water partition coefficient (Wildman–Crippen LogP) is 3.06. The zero-order chi connectivity index (χ0) is 15.6. The second kappa shape index (κ2) is 5.88. The fourth-order valence-corrected chi connectivity index (χ4v) is 2.20. The van der Waals surface area contributed by atoms with Gasteiger partial charge < -0.3 is 14.7 Å². The van der Waals surface area contributed by atoms with E-state index in [1.807, 2.05) is 0 Å². The van der Waals surface area contributed by atoms with Crippen molar-refractivity contribution in [3.8, 4) is 0 Å². The van der Waals surface area contributed by atoms with E-state index in [9.17, 15) is 22.4 Å². The van der Waals surface area contributed by atoms with Crippen LogP contribution in [0.25, 0.3) is 0 Å². The average molecular weight is 307 g/mol. The van der Waals surface area contributed by atoms with Crippen molar-refractivity contribution in [1.82, 2.24) is 4.90 Å². The molecule has 1 aromatic rings. The van der Waals surface area contributed by atoms with Crippen molar-refractivity contribution in [2.45, 2.75) is 12.3 Å². The third kappa shape index (κ3) is 4.07. The van der Waals surface area contributed by atoms with Gasteiger partial charge in [-0.15, -0.1) is 0 Å². The minimum Gasteiger partial charge on any atom is -0.465 e. The van der Waals surface area contributed by atoms with Crippen LogP contribution in [-0.2, 0) is 4.74 Å². The third-order valence-corrected chi connectivity index (χ3v) is 3.23. The van der Waals surface area contributed by atoms with Gasteiger partial charge in [0.05, 0.1) is 6.10 Å². The molecule has 1 unspecified atom stereocenters. The molecular weight excluding hydrogens is 294 g/mol. The standard InChI is InChI=1S/C13H13F4NO3/c14-10-3-1-8(2-4-10)11(21-7-13(15,16)17)9-5-18(6-9)12(19)20/h1-4,9,11H,5-7H2,(H,19,20). The molecule has 0 aliphatic carbocycles.